The van der Waals surface area contributed by atoms with Crippen molar-refractivity contribution in [1.29, 1.82) is 0 Å². The van der Waals surface area contributed by atoms with Crippen molar-refractivity contribution in [3.8, 4) is 0 Å². The minimum atomic E-state index is -0.00433. The third-order valence-corrected chi connectivity index (χ3v) is 8.56. The molecule has 45 heavy (non-hydrogen) atoms. The lowest BCUT2D eigenvalue weighted by Gasteiger charge is -2.18. The van der Waals surface area contributed by atoms with E-state index in [9.17, 15) is 4.79 Å². The van der Waals surface area contributed by atoms with Crippen molar-refractivity contribution in [2.24, 2.45) is 0 Å². The van der Waals surface area contributed by atoms with Crippen LogP contribution < -0.4 is 5.32 Å². The monoisotopic (exact) mass is 628 g/mol. The van der Waals surface area contributed by atoms with Crippen molar-refractivity contribution in [2.45, 2.75) is 200 Å². The smallest absolute Gasteiger partial charge is 0.306 e. The van der Waals surface area contributed by atoms with Gasteiger partial charge in [-0.2, -0.15) is 0 Å². The van der Waals surface area contributed by atoms with Crippen molar-refractivity contribution in [3.63, 3.8) is 0 Å². The number of esters is 1. The molecule has 0 aromatic heterocycles. The third-order valence-electron chi connectivity index (χ3n) is 8.56. The largest absolute Gasteiger partial charge is 0.462 e. The Labute approximate surface area is 282 Å². The molecule has 3 heteroatoms. The summed E-state index contributed by atoms with van der Waals surface area (Å²) in [4.78, 5) is 12.4. The van der Waals surface area contributed by atoms with Crippen molar-refractivity contribution in [3.05, 3.63) is 48.6 Å². The second kappa shape index (κ2) is 38.6. The number of ether oxygens (including phenoxy) is 1. The lowest BCUT2D eigenvalue weighted by Crippen LogP contribution is -2.19. The van der Waals surface area contributed by atoms with Gasteiger partial charge in [0.25, 0.3) is 0 Å². The average Bonchev–Trinajstić information content (AvgIpc) is 3.04. The first kappa shape index (κ1) is 43.4. The minimum absolute atomic E-state index is 0.00433. The fourth-order valence-corrected chi connectivity index (χ4v) is 5.64. The molecule has 0 aromatic rings. The molecule has 0 aliphatic rings. The van der Waals surface area contributed by atoms with Gasteiger partial charge in [-0.25, -0.2) is 0 Å². The van der Waals surface area contributed by atoms with E-state index in [2.05, 4.69) is 67.8 Å². The Morgan fingerprint density at radius 1 is 0.511 bits per heavy atom. The summed E-state index contributed by atoms with van der Waals surface area (Å²) in [7, 11) is 1.94. The normalized spacial score (nSPS) is 12.3. The first-order chi connectivity index (χ1) is 22.2. The lowest BCUT2D eigenvalue weighted by atomic mass is 10.0. The van der Waals surface area contributed by atoms with Gasteiger partial charge in [-0.05, 0) is 110 Å². The second-order valence-electron chi connectivity index (χ2n) is 13.1. The number of rotatable bonds is 35. The maximum absolute atomic E-state index is 12.4. The number of carbonyl (C=O) groups excluding carboxylic acids is 1. The predicted molar refractivity (Wildman–Crippen MR) is 201 cm³/mol. The molecular formula is C42H77NO2. The van der Waals surface area contributed by atoms with Crippen LogP contribution in [0.1, 0.15) is 194 Å². The highest BCUT2D eigenvalue weighted by molar-refractivity contribution is 5.69. The summed E-state index contributed by atoms with van der Waals surface area (Å²) in [5, 5.41) is 3.13. The van der Waals surface area contributed by atoms with E-state index in [1.807, 2.05) is 7.05 Å². The molecule has 0 heterocycles. The third kappa shape index (κ3) is 36.7. The number of nitrogens with one attached hydrogen (secondary N) is 1. The molecule has 262 valence electrons. The van der Waals surface area contributed by atoms with Gasteiger partial charge in [-0.3, -0.25) is 4.79 Å². The van der Waals surface area contributed by atoms with Crippen LogP contribution in [0, 0.1) is 0 Å². The van der Waals surface area contributed by atoms with Crippen LogP contribution in [0.3, 0.4) is 0 Å². The molecule has 0 atom stereocenters. The number of unbranched alkanes of at least 4 members (excludes halogenated alkanes) is 18. The zero-order valence-corrected chi connectivity index (χ0v) is 30.5. The molecule has 0 aliphatic heterocycles. The summed E-state index contributed by atoms with van der Waals surface area (Å²) in [6.07, 6.45) is 52.7. The van der Waals surface area contributed by atoms with E-state index in [0.29, 0.717) is 6.42 Å². The van der Waals surface area contributed by atoms with Gasteiger partial charge >= 0.3 is 5.97 Å². The molecule has 0 saturated carbocycles. The van der Waals surface area contributed by atoms with Crippen LogP contribution in [-0.4, -0.2) is 25.7 Å². The Bertz CT molecular complexity index is 659. The summed E-state index contributed by atoms with van der Waals surface area (Å²) in [5.74, 6) is -0.00433. The van der Waals surface area contributed by atoms with Gasteiger partial charge in [-0.1, -0.05) is 140 Å². The highest BCUT2D eigenvalue weighted by Gasteiger charge is 2.14. The molecule has 3 nitrogen and oxygen atoms in total. The van der Waals surface area contributed by atoms with Gasteiger partial charge in [0.2, 0.25) is 0 Å². The van der Waals surface area contributed by atoms with E-state index >= 15 is 0 Å². The molecule has 0 aliphatic carbocycles. The fraction of sp³-hybridized carbons (Fsp3) is 0.786. The van der Waals surface area contributed by atoms with Crippen LogP contribution in [0.4, 0.5) is 0 Å². The molecule has 0 unspecified atom stereocenters. The summed E-state index contributed by atoms with van der Waals surface area (Å²) in [6.45, 7) is 5.39. The predicted octanol–water partition coefficient (Wildman–Crippen LogP) is 13.3. The van der Waals surface area contributed by atoms with Crippen LogP contribution in [-0.2, 0) is 9.53 Å². The van der Waals surface area contributed by atoms with E-state index in [-0.39, 0.29) is 12.1 Å². The van der Waals surface area contributed by atoms with Gasteiger partial charge in [0.15, 0.2) is 0 Å². The fourth-order valence-electron chi connectivity index (χ4n) is 5.64. The number of hydrogen-bond acceptors (Lipinski definition) is 3. The highest BCUT2D eigenvalue weighted by Crippen LogP contribution is 2.18. The van der Waals surface area contributed by atoms with Gasteiger partial charge < -0.3 is 10.1 Å². The maximum atomic E-state index is 12.4. The van der Waals surface area contributed by atoms with Crippen molar-refractivity contribution in [2.75, 3.05) is 13.6 Å². The van der Waals surface area contributed by atoms with Crippen LogP contribution >= 0.6 is 0 Å². The standard InChI is InChI=1S/C42H77NO2/c1-4-6-8-10-12-14-16-18-20-22-24-26-28-30-32-34-37-41(45-42(44)39-36-40-43-3)38-35-33-31-29-27-25-23-21-19-17-15-13-11-9-7-5-2/h12-15,18-21,41,43H,4-11,16-17,22-40H2,1-3H3/b14-12+,15-13+,20-18+,21-19+. The number of allylic oxidation sites excluding steroid dienone is 8. The van der Waals surface area contributed by atoms with Crippen LogP contribution in [0.2, 0.25) is 0 Å². The lowest BCUT2D eigenvalue weighted by molar-refractivity contribution is -0.150. The Morgan fingerprint density at radius 2 is 0.889 bits per heavy atom. The first-order valence-corrected chi connectivity index (χ1v) is 19.7. The first-order valence-electron chi connectivity index (χ1n) is 19.7. The quantitative estimate of drug-likeness (QED) is 0.0431. The molecule has 1 N–H and O–H groups in total. The van der Waals surface area contributed by atoms with Gasteiger partial charge in [-0.15, -0.1) is 0 Å². The van der Waals surface area contributed by atoms with Crippen molar-refractivity contribution in [1.82, 2.24) is 5.32 Å². The highest BCUT2D eigenvalue weighted by atomic mass is 16.5. The molecule has 0 radical (unpaired) electrons. The number of hydrogen-bond donors (Lipinski definition) is 1. The van der Waals surface area contributed by atoms with E-state index in [4.69, 9.17) is 4.74 Å². The Hall–Kier alpha value is -1.61. The summed E-state index contributed by atoms with van der Waals surface area (Å²) in [5.41, 5.74) is 0. The Balaban J connectivity index is 3.95. The summed E-state index contributed by atoms with van der Waals surface area (Å²) < 4.78 is 5.95. The van der Waals surface area contributed by atoms with E-state index in [1.165, 1.54) is 141 Å². The summed E-state index contributed by atoms with van der Waals surface area (Å²) in [6, 6.07) is 0. The molecule has 0 saturated heterocycles. The molecule has 0 amide bonds. The van der Waals surface area contributed by atoms with E-state index < -0.39 is 0 Å². The molecule has 0 fully saturated rings. The maximum Gasteiger partial charge on any atom is 0.306 e. The van der Waals surface area contributed by atoms with Gasteiger partial charge in [0.1, 0.15) is 6.10 Å². The second-order valence-corrected chi connectivity index (χ2v) is 13.1. The zero-order chi connectivity index (χ0) is 32.7. The van der Waals surface area contributed by atoms with Crippen LogP contribution in [0.15, 0.2) is 48.6 Å². The molecule has 0 rings (SSSR count). The molecular weight excluding hydrogens is 550 g/mol. The topological polar surface area (TPSA) is 38.3 Å². The van der Waals surface area contributed by atoms with Crippen LogP contribution in [0.25, 0.3) is 0 Å². The van der Waals surface area contributed by atoms with Crippen molar-refractivity contribution >= 4 is 5.97 Å². The average molecular weight is 628 g/mol. The minimum Gasteiger partial charge on any atom is -0.462 e. The molecule has 0 aromatic carbocycles. The van der Waals surface area contributed by atoms with E-state index in [0.717, 1.165) is 38.6 Å². The van der Waals surface area contributed by atoms with Gasteiger partial charge in [0.05, 0.1) is 0 Å². The van der Waals surface area contributed by atoms with Crippen LogP contribution in [0.5, 0.6) is 0 Å². The van der Waals surface area contributed by atoms with Gasteiger partial charge in [0, 0.05) is 6.42 Å². The zero-order valence-electron chi connectivity index (χ0n) is 30.5. The molecule has 0 bridgehead atoms. The Kier molecular flexibility index (Phi) is 37.2. The Morgan fingerprint density at radius 3 is 1.29 bits per heavy atom. The van der Waals surface area contributed by atoms with E-state index in [1.54, 1.807) is 0 Å². The number of carbonyl (C=O) groups is 1. The SMILES string of the molecule is CCCCC/C=C/C/C=C/CCCCCCCCC(CCCCCCCC/C=C/C/C=C/CCCCC)OC(=O)CCCNC. The molecule has 0 spiro atoms. The van der Waals surface area contributed by atoms with Crippen molar-refractivity contribution < 1.29 is 9.53 Å². The summed E-state index contributed by atoms with van der Waals surface area (Å²) >= 11 is 0.